The van der Waals surface area contributed by atoms with Gasteiger partial charge in [0, 0.05) is 12.5 Å². The summed E-state index contributed by atoms with van der Waals surface area (Å²) in [4.78, 5) is 12.1. The van der Waals surface area contributed by atoms with Gasteiger partial charge < -0.3 is 14.2 Å². The number of halogens is 3. The molecule has 0 N–H and O–H groups in total. The first-order valence-corrected chi connectivity index (χ1v) is 8.51. The molecule has 0 spiro atoms. The molecule has 0 aliphatic rings. The highest BCUT2D eigenvalue weighted by Gasteiger charge is 2.22. The molecule has 1 aromatic rings. The van der Waals surface area contributed by atoms with Gasteiger partial charge in [0.15, 0.2) is 6.10 Å². The highest BCUT2D eigenvalue weighted by molar-refractivity contribution is 6.43. The first kappa shape index (κ1) is 20.4. The van der Waals surface area contributed by atoms with Crippen molar-refractivity contribution < 1.29 is 19.0 Å². The maximum absolute atomic E-state index is 12.1. The lowest BCUT2D eigenvalue weighted by atomic mass is 10.2. The third-order valence-electron chi connectivity index (χ3n) is 2.81. The second kappa shape index (κ2) is 9.58. The first-order chi connectivity index (χ1) is 10.7. The predicted molar refractivity (Wildman–Crippen MR) is 92.5 cm³/mol. The van der Waals surface area contributed by atoms with Crippen LogP contribution in [0.4, 0.5) is 0 Å². The summed E-state index contributed by atoms with van der Waals surface area (Å²) in [5.41, 5.74) is 0. The lowest BCUT2D eigenvalue weighted by Crippen LogP contribution is -2.31. The van der Waals surface area contributed by atoms with Gasteiger partial charge in [-0.25, -0.2) is 4.79 Å². The molecule has 2 unspecified atom stereocenters. The van der Waals surface area contributed by atoms with Crippen LogP contribution in [0.15, 0.2) is 12.1 Å². The summed E-state index contributed by atoms with van der Waals surface area (Å²) in [6, 6.07) is 2.92. The van der Waals surface area contributed by atoms with E-state index in [9.17, 15) is 4.79 Å². The maximum atomic E-state index is 12.1. The molecule has 0 bridgehead atoms. The van der Waals surface area contributed by atoms with Crippen LogP contribution in [0, 0.1) is 5.92 Å². The Hall–Kier alpha value is -0.680. The Morgan fingerprint density at radius 1 is 1.09 bits per heavy atom. The van der Waals surface area contributed by atoms with Crippen LogP contribution in [0.25, 0.3) is 0 Å². The van der Waals surface area contributed by atoms with Crippen LogP contribution in [0.5, 0.6) is 5.75 Å². The lowest BCUT2D eigenvalue weighted by molar-refractivity contribution is -0.187. The predicted octanol–water partition coefficient (Wildman–Crippen LogP) is 5.37. The van der Waals surface area contributed by atoms with E-state index in [0.717, 1.165) is 0 Å². The van der Waals surface area contributed by atoms with E-state index in [1.807, 2.05) is 20.8 Å². The Bertz CT molecular complexity index is 534. The maximum Gasteiger partial charge on any atom is 0.349 e. The summed E-state index contributed by atoms with van der Waals surface area (Å²) in [7, 11) is 0. The van der Waals surface area contributed by atoms with Gasteiger partial charge in [0.2, 0.25) is 6.29 Å². The third-order valence-corrected chi connectivity index (χ3v) is 3.82. The summed E-state index contributed by atoms with van der Waals surface area (Å²) >= 11 is 17.8. The fourth-order valence-corrected chi connectivity index (χ4v) is 2.17. The SMILES string of the molecule is CCC(OCC(C)C)OC(=O)C(C)Oc1cc(Cl)c(Cl)cc1Cl. The van der Waals surface area contributed by atoms with E-state index in [1.165, 1.54) is 12.1 Å². The molecule has 0 heterocycles. The Labute approximate surface area is 151 Å². The Balaban J connectivity index is 2.64. The van der Waals surface area contributed by atoms with Crippen molar-refractivity contribution in [3.05, 3.63) is 27.2 Å². The molecule has 0 aromatic heterocycles. The van der Waals surface area contributed by atoms with E-state index in [-0.39, 0.29) is 10.8 Å². The van der Waals surface area contributed by atoms with E-state index in [2.05, 4.69) is 0 Å². The minimum absolute atomic E-state index is 0.265. The number of hydrogen-bond donors (Lipinski definition) is 0. The van der Waals surface area contributed by atoms with Crippen molar-refractivity contribution in [3.63, 3.8) is 0 Å². The average Bonchev–Trinajstić information content (AvgIpc) is 2.48. The highest BCUT2D eigenvalue weighted by atomic mass is 35.5. The molecule has 4 nitrogen and oxygen atoms in total. The Morgan fingerprint density at radius 2 is 1.70 bits per heavy atom. The lowest BCUT2D eigenvalue weighted by Gasteiger charge is -2.21. The van der Waals surface area contributed by atoms with Gasteiger partial charge in [-0.1, -0.05) is 55.6 Å². The number of rotatable bonds is 8. The fraction of sp³-hybridized carbons (Fsp3) is 0.562. The van der Waals surface area contributed by atoms with Crippen molar-refractivity contribution in [1.82, 2.24) is 0 Å². The van der Waals surface area contributed by atoms with Crippen LogP contribution < -0.4 is 4.74 Å². The largest absolute Gasteiger partial charge is 0.477 e. The van der Waals surface area contributed by atoms with Crippen LogP contribution in [0.1, 0.15) is 34.1 Å². The minimum atomic E-state index is -0.860. The van der Waals surface area contributed by atoms with Crippen molar-refractivity contribution in [1.29, 1.82) is 0 Å². The zero-order valence-electron chi connectivity index (χ0n) is 13.6. The molecule has 1 aromatic carbocycles. The molecular formula is C16H21Cl3O4. The Morgan fingerprint density at radius 3 is 2.26 bits per heavy atom. The molecule has 0 fully saturated rings. The normalized spacial score (nSPS) is 13.7. The summed E-state index contributed by atoms with van der Waals surface area (Å²) in [6.07, 6.45) is -0.903. The van der Waals surface area contributed by atoms with Crippen molar-refractivity contribution in [3.8, 4) is 5.75 Å². The van der Waals surface area contributed by atoms with E-state index in [0.29, 0.717) is 29.0 Å². The molecule has 130 valence electrons. The summed E-state index contributed by atoms with van der Waals surface area (Å²) in [5.74, 6) is 0.0795. The first-order valence-electron chi connectivity index (χ1n) is 7.37. The topological polar surface area (TPSA) is 44.8 Å². The molecule has 0 aliphatic heterocycles. The molecule has 1 rings (SSSR count). The van der Waals surface area contributed by atoms with E-state index < -0.39 is 18.4 Å². The molecule has 7 heteroatoms. The standard InChI is InChI=1S/C16H21Cl3O4/c1-5-15(21-8-9(2)3)23-16(20)10(4)22-14-7-12(18)11(17)6-13(14)19/h6-7,9-10,15H,5,8H2,1-4H3. The summed E-state index contributed by atoms with van der Waals surface area (Å²) < 4.78 is 16.3. The van der Waals surface area contributed by atoms with Gasteiger partial charge in [0.25, 0.3) is 0 Å². The number of esters is 1. The van der Waals surface area contributed by atoms with Gasteiger partial charge in [-0.05, 0) is 18.9 Å². The zero-order chi connectivity index (χ0) is 17.6. The van der Waals surface area contributed by atoms with Gasteiger partial charge in [0.05, 0.1) is 21.7 Å². The van der Waals surface area contributed by atoms with Crippen LogP contribution in [0.3, 0.4) is 0 Å². The van der Waals surface area contributed by atoms with Gasteiger partial charge in [-0.3, -0.25) is 0 Å². The number of carbonyl (C=O) groups is 1. The molecule has 0 amide bonds. The summed E-state index contributed by atoms with van der Waals surface area (Å²) in [5, 5.41) is 0.868. The molecule has 0 saturated carbocycles. The van der Waals surface area contributed by atoms with Crippen LogP contribution in [0.2, 0.25) is 15.1 Å². The van der Waals surface area contributed by atoms with Gasteiger partial charge in [-0.2, -0.15) is 0 Å². The van der Waals surface area contributed by atoms with Crippen LogP contribution >= 0.6 is 34.8 Å². The number of ether oxygens (including phenoxy) is 3. The van der Waals surface area contributed by atoms with Crippen LogP contribution in [-0.2, 0) is 14.3 Å². The van der Waals surface area contributed by atoms with Gasteiger partial charge >= 0.3 is 5.97 Å². The second-order valence-electron chi connectivity index (χ2n) is 5.46. The molecule has 2 atom stereocenters. The molecule has 0 aliphatic carbocycles. The second-order valence-corrected chi connectivity index (χ2v) is 6.68. The molecule has 0 radical (unpaired) electrons. The molecular weight excluding hydrogens is 363 g/mol. The fourth-order valence-electron chi connectivity index (χ4n) is 1.59. The summed E-state index contributed by atoms with van der Waals surface area (Å²) in [6.45, 7) is 7.99. The Kier molecular flexibility index (Phi) is 8.48. The van der Waals surface area contributed by atoms with Crippen LogP contribution in [-0.4, -0.2) is 25.0 Å². The average molecular weight is 384 g/mol. The molecule has 0 saturated heterocycles. The monoisotopic (exact) mass is 382 g/mol. The smallest absolute Gasteiger partial charge is 0.349 e. The number of hydrogen-bond acceptors (Lipinski definition) is 4. The number of benzene rings is 1. The van der Waals surface area contributed by atoms with E-state index in [4.69, 9.17) is 49.0 Å². The highest BCUT2D eigenvalue weighted by Crippen LogP contribution is 2.34. The van der Waals surface area contributed by atoms with Crippen molar-refractivity contribution in [2.24, 2.45) is 5.92 Å². The minimum Gasteiger partial charge on any atom is -0.477 e. The van der Waals surface area contributed by atoms with Gasteiger partial charge in [-0.15, -0.1) is 0 Å². The van der Waals surface area contributed by atoms with E-state index >= 15 is 0 Å². The zero-order valence-corrected chi connectivity index (χ0v) is 15.8. The van der Waals surface area contributed by atoms with Crippen molar-refractivity contribution >= 4 is 40.8 Å². The van der Waals surface area contributed by atoms with Gasteiger partial charge in [0.1, 0.15) is 5.75 Å². The number of carbonyl (C=O) groups excluding carboxylic acids is 1. The third kappa shape index (κ3) is 6.76. The quantitative estimate of drug-likeness (QED) is 0.344. The molecule has 23 heavy (non-hydrogen) atoms. The van der Waals surface area contributed by atoms with E-state index in [1.54, 1.807) is 6.92 Å². The van der Waals surface area contributed by atoms with Crippen molar-refractivity contribution in [2.45, 2.75) is 46.5 Å². The van der Waals surface area contributed by atoms with Crippen molar-refractivity contribution in [2.75, 3.05) is 6.61 Å².